The van der Waals surface area contributed by atoms with Crippen LogP contribution in [0.4, 0.5) is 5.82 Å². The molecule has 3 rings (SSSR count). The molecule has 0 aliphatic heterocycles. The van der Waals surface area contributed by atoms with Gasteiger partial charge in [-0.15, -0.1) is 0 Å². The second kappa shape index (κ2) is 7.37. The summed E-state index contributed by atoms with van der Waals surface area (Å²) in [6.45, 7) is 2.05. The Labute approximate surface area is 151 Å². The van der Waals surface area contributed by atoms with Crippen molar-refractivity contribution >= 4 is 22.6 Å². The fraction of sp³-hybridized carbons (Fsp3) is 0.211. The second-order valence-corrected chi connectivity index (χ2v) is 5.84. The van der Waals surface area contributed by atoms with Gasteiger partial charge >= 0.3 is 0 Å². The minimum atomic E-state index is -0.569. The molecule has 1 atom stereocenters. The number of nitrogens with zero attached hydrogens (tertiary/aromatic N) is 3. The smallest absolute Gasteiger partial charge is 0.250 e. The minimum Gasteiger partial charge on any atom is -0.496 e. The minimum absolute atomic E-state index is 0.101. The number of benzene rings is 2. The van der Waals surface area contributed by atoms with E-state index in [-0.39, 0.29) is 6.04 Å². The average molecular weight is 351 g/mol. The summed E-state index contributed by atoms with van der Waals surface area (Å²) < 4.78 is 5.46. The highest BCUT2D eigenvalue weighted by Crippen LogP contribution is 2.36. The normalized spacial score (nSPS) is 12.0. The molecule has 1 unspecified atom stereocenters. The maximum atomic E-state index is 11.8. The number of rotatable bonds is 6. The fourth-order valence-corrected chi connectivity index (χ4v) is 3.11. The molecule has 134 valence electrons. The van der Waals surface area contributed by atoms with Gasteiger partial charge in [0.1, 0.15) is 12.1 Å². The summed E-state index contributed by atoms with van der Waals surface area (Å²) in [4.78, 5) is 20.4. The molecule has 1 amide bonds. The first-order chi connectivity index (χ1) is 12.6. The van der Waals surface area contributed by atoms with Crippen LogP contribution in [0.25, 0.3) is 10.9 Å². The highest BCUT2D eigenvalue weighted by molar-refractivity contribution is 6.09. The van der Waals surface area contributed by atoms with E-state index in [4.69, 9.17) is 16.3 Å². The van der Waals surface area contributed by atoms with E-state index in [0.29, 0.717) is 28.0 Å². The van der Waals surface area contributed by atoms with Crippen molar-refractivity contribution in [1.29, 1.82) is 0 Å². The van der Waals surface area contributed by atoms with Crippen LogP contribution in [0.15, 0.2) is 48.8 Å². The number of carbonyl (C=O) groups excluding carboxylic acids is 1. The average Bonchev–Trinajstić information content (AvgIpc) is 2.67. The lowest BCUT2D eigenvalue weighted by atomic mass is 10.0. The number of hydrogen-bond donors (Lipinski definition) is 2. The largest absolute Gasteiger partial charge is 0.496 e. The van der Waals surface area contributed by atoms with Crippen LogP contribution in [0.5, 0.6) is 5.75 Å². The van der Waals surface area contributed by atoms with Crippen molar-refractivity contribution in [3.63, 3.8) is 0 Å². The van der Waals surface area contributed by atoms with Gasteiger partial charge in [-0.25, -0.2) is 15.8 Å². The predicted octanol–water partition coefficient (Wildman–Crippen LogP) is 2.57. The Morgan fingerprint density at radius 3 is 2.54 bits per heavy atom. The number of methoxy groups -OCH3 is 1. The monoisotopic (exact) mass is 351 g/mol. The molecule has 1 aromatic heterocycles. The lowest BCUT2D eigenvalue weighted by molar-refractivity contribution is 0.100. The van der Waals surface area contributed by atoms with Gasteiger partial charge in [-0.05, 0) is 24.1 Å². The summed E-state index contributed by atoms with van der Waals surface area (Å²) >= 11 is 0. The Balaban J connectivity index is 2.21. The van der Waals surface area contributed by atoms with Crippen LogP contribution in [0.2, 0.25) is 0 Å². The predicted molar refractivity (Wildman–Crippen MR) is 101 cm³/mol. The molecule has 7 nitrogen and oxygen atoms in total. The lowest BCUT2D eigenvalue weighted by Crippen LogP contribution is -2.36. The Kier molecular flexibility index (Phi) is 4.99. The number of fused-ring (bicyclic) bond motifs is 1. The number of carbonyl (C=O) groups is 1. The van der Waals surface area contributed by atoms with Crippen LogP contribution in [0.3, 0.4) is 0 Å². The zero-order valence-electron chi connectivity index (χ0n) is 14.7. The molecule has 0 aliphatic carbocycles. The molecule has 0 bridgehead atoms. The van der Waals surface area contributed by atoms with Crippen molar-refractivity contribution in [3.8, 4) is 5.75 Å². The van der Waals surface area contributed by atoms with Gasteiger partial charge in [-0.3, -0.25) is 9.80 Å². The van der Waals surface area contributed by atoms with E-state index in [9.17, 15) is 4.79 Å². The van der Waals surface area contributed by atoms with Crippen LogP contribution >= 0.6 is 0 Å². The highest BCUT2D eigenvalue weighted by Gasteiger charge is 2.23. The van der Waals surface area contributed by atoms with E-state index >= 15 is 0 Å². The van der Waals surface area contributed by atoms with Gasteiger partial charge < -0.3 is 10.5 Å². The molecule has 1 heterocycles. The number of hydrazine groups is 1. The van der Waals surface area contributed by atoms with Gasteiger partial charge in [-0.1, -0.05) is 37.3 Å². The van der Waals surface area contributed by atoms with E-state index in [1.54, 1.807) is 24.3 Å². The van der Waals surface area contributed by atoms with Crippen molar-refractivity contribution in [2.24, 2.45) is 11.6 Å². The quantitative estimate of drug-likeness (QED) is 0.522. The highest BCUT2D eigenvalue weighted by atomic mass is 16.5. The molecule has 7 heteroatoms. The topological polar surface area (TPSA) is 107 Å². The molecule has 2 aromatic carbocycles. The Hall–Kier alpha value is -3.19. The van der Waals surface area contributed by atoms with Gasteiger partial charge in [0, 0.05) is 0 Å². The number of ether oxygens (including phenoxy) is 1. The Morgan fingerprint density at radius 1 is 1.19 bits per heavy atom. The van der Waals surface area contributed by atoms with Crippen LogP contribution < -0.4 is 21.3 Å². The summed E-state index contributed by atoms with van der Waals surface area (Å²) in [6, 6.07) is 13.1. The molecular weight excluding hydrogens is 330 g/mol. The van der Waals surface area contributed by atoms with E-state index in [1.807, 2.05) is 37.3 Å². The maximum absolute atomic E-state index is 11.8. The molecular formula is C19H21N5O2. The Bertz CT molecular complexity index is 930. The number of primary amides is 1. The van der Waals surface area contributed by atoms with E-state index in [2.05, 4.69) is 9.97 Å². The molecule has 0 saturated heterocycles. The fourth-order valence-electron chi connectivity index (χ4n) is 3.11. The number of nitrogens with two attached hydrogens (primary N) is 2. The molecule has 0 radical (unpaired) electrons. The van der Waals surface area contributed by atoms with Crippen molar-refractivity contribution in [1.82, 2.24) is 9.97 Å². The second-order valence-electron chi connectivity index (χ2n) is 5.84. The van der Waals surface area contributed by atoms with E-state index < -0.39 is 5.91 Å². The SMILES string of the molecule is CCC(c1ccccc1)N(N)c1ncnc2c(C(N)=O)ccc(OC)c12. The van der Waals surface area contributed by atoms with Crippen LogP contribution in [-0.4, -0.2) is 23.0 Å². The third-order valence-electron chi connectivity index (χ3n) is 4.37. The summed E-state index contributed by atoms with van der Waals surface area (Å²) in [6.07, 6.45) is 2.14. The number of amides is 1. The van der Waals surface area contributed by atoms with Crippen LogP contribution in [-0.2, 0) is 0 Å². The molecule has 0 fully saturated rings. The molecule has 4 N–H and O–H groups in total. The first-order valence-corrected chi connectivity index (χ1v) is 8.28. The third-order valence-corrected chi connectivity index (χ3v) is 4.37. The van der Waals surface area contributed by atoms with Gasteiger partial charge in [-0.2, -0.15) is 0 Å². The van der Waals surface area contributed by atoms with Gasteiger partial charge in [0.2, 0.25) is 0 Å². The summed E-state index contributed by atoms with van der Waals surface area (Å²) in [5, 5.41) is 2.15. The first-order valence-electron chi connectivity index (χ1n) is 8.28. The zero-order chi connectivity index (χ0) is 18.7. The van der Waals surface area contributed by atoms with Crippen molar-refractivity contribution in [3.05, 3.63) is 59.9 Å². The number of aromatic nitrogens is 2. The molecule has 3 aromatic rings. The summed E-state index contributed by atoms with van der Waals surface area (Å²) in [5.74, 6) is 6.90. The number of hydrogen-bond acceptors (Lipinski definition) is 6. The molecule has 0 spiro atoms. The van der Waals surface area contributed by atoms with Crippen molar-refractivity contribution < 1.29 is 9.53 Å². The number of anilines is 1. The molecule has 26 heavy (non-hydrogen) atoms. The van der Waals surface area contributed by atoms with Gasteiger partial charge in [0.05, 0.1) is 29.6 Å². The Morgan fingerprint density at radius 2 is 1.92 bits per heavy atom. The van der Waals surface area contributed by atoms with Crippen molar-refractivity contribution in [2.75, 3.05) is 12.1 Å². The van der Waals surface area contributed by atoms with Crippen LogP contribution in [0, 0.1) is 0 Å². The first kappa shape index (κ1) is 17.6. The maximum Gasteiger partial charge on any atom is 0.250 e. The standard InChI is InChI=1S/C19H21N5O2/c1-3-14(12-7-5-4-6-8-12)24(21)19-16-15(26-2)10-9-13(18(20)25)17(16)22-11-23-19/h4-11,14H,3,21H2,1-2H3,(H2,20,25). The third kappa shape index (κ3) is 3.04. The summed E-state index contributed by atoms with van der Waals surface area (Å²) in [7, 11) is 1.55. The lowest BCUT2D eigenvalue weighted by Gasteiger charge is -2.29. The van der Waals surface area contributed by atoms with E-state index in [0.717, 1.165) is 12.0 Å². The van der Waals surface area contributed by atoms with Gasteiger partial charge in [0.15, 0.2) is 5.82 Å². The summed E-state index contributed by atoms with van der Waals surface area (Å²) in [5.41, 5.74) is 7.27. The van der Waals surface area contributed by atoms with E-state index in [1.165, 1.54) is 6.33 Å². The molecule has 0 aliphatic rings. The zero-order valence-corrected chi connectivity index (χ0v) is 14.7. The van der Waals surface area contributed by atoms with Crippen molar-refractivity contribution in [2.45, 2.75) is 19.4 Å². The molecule has 0 saturated carbocycles. The van der Waals surface area contributed by atoms with Gasteiger partial charge in [0.25, 0.3) is 5.91 Å². The van der Waals surface area contributed by atoms with Crippen LogP contribution in [0.1, 0.15) is 35.3 Å².